The summed E-state index contributed by atoms with van der Waals surface area (Å²) in [7, 11) is 0. The Morgan fingerprint density at radius 2 is 2.00 bits per heavy atom. The number of carbonyl (C=O) groups excluding carboxylic acids is 1. The van der Waals surface area contributed by atoms with Crippen molar-refractivity contribution in [1.82, 2.24) is 9.97 Å². The minimum absolute atomic E-state index is 0.00639. The first kappa shape index (κ1) is 14.1. The van der Waals surface area contributed by atoms with E-state index in [0.29, 0.717) is 11.6 Å². The molecule has 0 atom stereocenters. The smallest absolute Gasteiger partial charge is 0.303 e. The lowest BCUT2D eigenvalue weighted by Crippen LogP contribution is -2.11. The van der Waals surface area contributed by atoms with E-state index in [1.807, 2.05) is 17.5 Å². The van der Waals surface area contributed by atoms with Gasteiger partial charge in [0.05, 0.1) is 5.69 Å². The molecule has 6 nitrogen and oxygen atoms in total. The van der Waals surface area contributed by atoms with Crippen molar-refractivity contribution in [1.29, 1.82) is 0 Å². The molecule has 0 aliphatic carbocycles. The van der Waals surface area contributed by atoms with Gasteiger partial charge in [-0.1, -0.05) is 0 Å². The maximum absolute atomic E-state index is 11.6. The van der Waals surface area contributed by atoms with E-state index in [4.69, 9.17) is 5.11 Å². The Balaban J connectivity index is 1.90. The zero-order valence-corrected chi connectivity index (χ0v) is 11.4. The van der Waals surface area contributed by atoms with Crippen LogP contribution in [0.25, 0.3) is 11.3 Å². The molecule has 0 unspecified atom stereocenters. The third kappa shape index (κ3) is 4.13. The molecular formula is C13H13N3O3S. The van der Waals surface area contributed by atoms with Gasteiger partial charge in [0.1, 0.15) is 0 Å². The third-order valence-corrected chi connectivity index (χ3v) is 3.28. The highest BCUT2D eigenvalue weighted by atomic mass is 32.1. The average Bonchev–Trinajstić information content (AvgIpc) is 2.88. The molecule has 0 fully saturated rings. The molecule has 0 saturated carbocycles. The summed E-state index contributed by atoms with van der Waals surface area (Å²) in [6.45, 7) is 0. The number of rotatable bonds is 6. The minimum atomic E-state index is -0.896. The van der Waals surface area contributed by atoms with Gasteiger partial charge in [-0.3, -0.25) is 14.6 Å². The number of amides is 1. The van der Waals surface area contributed by atoms with Crippen LogP contribution in [0.2, 0.25) is 0 Å². The van der Waals surface area contributed by atoms with Crippen molar-refractivity contribution in [3.05, 3.63) is 29.9 Å². The molecule has 2 N–H and O–H groups in total. The Morgan fingerprint density at radius 1 is 1.25 bits per heavy atom. The molecule has 104 valence electrons. The first-order valence-corrected chi connectivity index (χ1v) is 6.90. The number of thiazole rings is 1. The van der Waals surface area contributed by atoms with Gasteiger partial charge in [-0.05, 0) is 18.6 Å². The van der Waals surface area contributed by atoms with Gasteiger partial charge in [0.2, 0.25) is 5.91 Å². The van der Waals surface area contributed by atoms with Gasteiger partial charge < -0.3 is 10.4 Å². The van der Waals surface area contributed by atoms with Crippen LogP contribution in [-0.2, 0) is 9.59 Å². The number of aliphatic carboxylic acids is 1. The number of nitrogens with one attached hydrogen (secondary N) is 1. The summed E-state index contributed by atoms with van der Waals surface area (Å²) in [5.74, 6) is -1.12. The number of pyridine rings is 1. The molecule has 1 amide bonds. The Labute approximate surface area is 119 Å². The van der Waals surface area contributed by atoms with Crippen molar-refractivity contribution in [2.75, 3.05) is 5.32 Å². The van der Waals surface area contributed by atoms with Gasteiger partial charge in [-0.25, -0.2) is 4.98 Å². The number of carboxylic acid groups (broad SMARTS) is 1. The highest BCUT2D eigenvalue weighted by molar-refractivity contribution is 7.14. The largest absolute Gasteiger partial charge is 0.481 e. The lowest BCUT2D eigenvalue weighted by atomic mass is 10.2. The van der Waals surface area contributed by atoms with Gasteiger partial charge >= 0.3 is 5.97 Å². The first-order valence-electron chi connectivity index (χ1n) is 6.03. The predicted molar refractivity (Wildman–Crippen MR) is 75.5 cm³/mol. The molecule has 0 saturated heterocycles. The van der Waals surface area contributed by atoms with Crippen LogP contribution >= 0.6 is 11.3 Å². The monoisotopic (exact) mass is 291 g/mol. The fraction of sp³-hybridized carbons (Fsp3) is 0.231. The Bertz CT molecular complexity index is 598. The van der Waals surface area contributed by atoms with Crippen LogP contribution in [0.1, 0.15) is 19.3 Å². The summed E-state index contributed by atoms with van der Waals surface area (Å²) < 4.78 is 0. The van der Waals surface area contributed by atoms with Crippen molar-refractivity contribution in [3.63, 3.8) is 0 Å². The Hall–Kier alpha value is -2.28. The average molecular weight is 291 g/mol. The molecule has 0 aliphatic rings. The SMILES string of the molecule is O=C(O)CCCC(=O)Nc1nc(-c2ccncc2)cs1. The van der Waals surface area contributed by atoms with Crippen molar-refractivity contribution in [2.24, 2.45) is 0 Å². The second-order valence-electron chi connectivity index (χ2n) is 4.07. The molecule has 7 heteroatoms. The van der Waals surface area contributed by atoms with Gasteiger partial charge in [-0.2, -0.15) is 0 Å². The van der Waals surface area contributed by atoms with Crippen molar-refractivity contribution in [2.45, 2.75) is 19.3 Å². The van der Waals surface area contributed by atoms with Crippen LogP contribution < -0.4 is 5.32 Å². The lowest BCUT2D eigenvalue weighted by molar-refractivity contribution is -0.137. The molecule has 0 aliphatic heterocycles. The molecular weight excluding hydrogens is 278 g/mol. The molecule has 0 bridgehead atoms. The second-order valence-corrected chi connectivity index (χ2v) is 4.93. The molecule has 2 aromatic heterocycles. The van der Waals surface area contributed by atoms with Crippen molar-refractivity contribution in [3.8, 4) is 11.3 Å². The van der Waals surface area contributed by atoms with E-state index in [1.165, 1.54) is 11.3 Å². The van der Waals surface area contributed by atoms with Crippen molar-refractivity contribution >= 4 is 28.3 Å². The van der Waals surface area contributed by atoms with E-state index in [1.54, 1.807) is 12.4 Å². The van der Waals surface area contributed by atoms with Crippen LogP contribution in [0, 0.1) is 0 Å². The molecule has 20 heavy (non-hydrogen) atoms. The topological polar surface area (TPSA) is 92.2 Å². The van der Waals surface area contributed by atoms with Gasteiger partial charge in [0.15, 0.2) is 5.13 Å². The van der Waals surface area contributed by atoms with E-state index in [9.17, 15) is 9.59 Å². The molecule has 2 heterocycles. The van der Waals surface area contributed by atoms with Crippen LogP contribution in [0.3, 0.4) is 0 Å². The van der Waals surface area contributed by atoms with E-state index < -0.39 is 5.97 Å². The summed E-state index contributed by atoms with van der Waals surface area (Å²) >= 11 is 1.33. The fourth-order valence-electron chi connectivity index (χ4n) is 1.57. The van der Waals surface area contributed by atoms with E-state index in [-0.39, 0.29) is 18.7 Å². The van der Waals surface area contributed by atoms with E-state index >= 15 is 0 Å². The standard InChI is InChI=1S/C13H13N3O3S/c17-11(2-1-3-12(18)19)16-13-15-10(8-20-13)9-4-6-14-7-5-9/h4-8H,1-3H2,(H,18,19)(H,15,16,17). The van der Waals surface area contributed by atoms with E-state index in [0.717, 1.165) is 11.3 Å². The molecule has 0 radical (unpaired) electrons. The zero-order chi connectivity index (χ0) is 14.4. The quantitative estimate of drug-likeness (QED) is 0.852. The molecule has 2 rings (SSSR count). The summed E-state index contributed by atoms with van der Waals surface area (Å²) in [4.78, 5) is 30.2. The second kappa shape index (κ2) is 6.76. The fourth-order valence-corrected chi connectivity index (χ4v) is 2.30. The number of hydrogen-bond donors (Lipinski definition) is 2. The maximum Gasteiger partial charge on any atom is 0.303 e. The highest BCUT2D eigenvalue weighted by Crippen LogP contribution is 2.24. The lowest BCUT2D eigenvalue weighted by Gasteiger charge is -2.00. The van der Waals surface area contributed by atoms with Crippen LogP contribution in [-0.4, -0.2) is 27.0 Å². The summed E-state index contributed by atoms with van der Waals surface area (Å²) in [5, 5.41) is 13.5. The normalized spacial score (nSPS) is 10.2. The zero-order valence-electron chi connectivity index (χ0n) is 10.6. The van der Waals surface area contributed by atoms with Crippen molar-refractivity contribution < 1.29 is 14.7 Å². The predicted octanol–water partition coefficient (Wildman–Crippen LogP) is 2.40. The number of nitrogens with zero attached hydrogens (tertiary/aromatic N) is 2. The number of anilines is 1. The van der Waals surface area contributed by atoms with Crippen LogP contribution in [0.4, 0.5) is 5.13 Å². The number of carbonyl (C=O) groups is 2. The third-order valence-electron chi connectivity index (χ3n) is 2.52. The number of aromatic nitrogens is 2. The summed E-state index contributed by atoms with van der Waals surface area (Å²) in [6, 6.07) is 3.68. The van der Waals surface area contributed by atoms with Gasteiger partial charge in [0, 0.05) is 36.2 Å². The van der Waals surface area contributed by atoms with Crippen LogP contribution in [0.5, 0.6) is 0 Å². The number of carboxylic acids is 1. The number of hydrogen-bond acceptors (Lipinski definition) is 5. The maximum atomic E-state index is 11.6. The van der Waals surface area contributed by atoms with Gasteiger partial charge in [-0.15, -0.1) is 11.3 Å². The Morgan fingerprint density at radius 3 is 2.70 bits per heavy atom. The minimum Gasteiger partial charge on any atom is -0.481 e. The Kier molecular flexibility index (Phi) is 4.78. The molecule has 2 aromatic rings. The van der Waals surface area contributed by atoms with Crippen LogP contribution in [0.15, 0.2) is 29.9 Å². The molecule has 0 spiro atoms. The first-order chi connectivity index (χ1) is 9.65. The summed E-state index contributed by atoms with van der Waals surface area (Å²) in [6.07, 6.45) is 3.85. The van der Waals surface area contributed by atoms with E-state index in [2.05, 4.69) is 15.3 Å². The molecule has 0 aromatic carbocycles. The van der Waals surface area contributed by atoms with Gasteiger partial charge in [0.25, 0.3) is 0 Å². The summed E-state index contributed by atoms with van der Waals surface area (Å²) in [5.41, 5.74) is 1.71. The highest BCUT2D eigenvalue weighted by Gasteiger charge is 2.08.